The summed E-state index contributed by atoms with van der Waals surface area (Å²) in [6.45, 7) is 3.52. The SMILES string of the molecule is CO[C@H]1CN(C(=O)Cn2c(C3CC3)nc3ccccc32)C[C@H]1Cc1cc(C)no1. The van der Waals surface area contributed by atoms with Crippen LogP contribution in [-0.4, -0.2) is 51.8 Å². The van der Waals surface area contributed by atoms with Crippen LogP contribution in [0.25, 0.3) is 11.0 Å². The molecule has 7 heteroatoms. The highest BCUT2D eigenvalue weighted by atomic mass is 16.5. The van der Waals surface area contributed by atoms with Crippen LogP contribution in [0.2, 0.25) is 0 Å². The summed E-state index contributed by atoms with van der Waals surface area (Å²) in [5.41, 5.74) is 2.88. The van der Waals surface area contributed by atoms with E-state index in [0.717, 1.165) is 47.6 Å². The maximum Gasteiger partial charge on any atom is 0.242 e. The minimum Gasteiger partial charge on any atom is -0.379 e. The van der Waals surface area contributed by atoms with Gasteiger partial charge in [0.05, 0.1) is 22.8 Å². The number of aromatic nitrogens is 3. The summed E-state index contributed by atoms with van der Waals surface area (Å²) >= 11 is 0. The van der Waals surface area contributed by atoms with Gasteiger partial charge in [0.25, 0.3) is 0 Å². The molecule has 152 valence electrons. The molecule has 2 aromatic heterocycles. The van der Waals surface area contributed by atoms with Gasteiger partial charge in [-0.3, -0.25) is 4.79 Å². The molecule has 2 fully saturated rings. The van der Waals surface area contributed by atoms with Crippen molar-refractivity contribution in [2.45, 2.75) is 44.8 Å². The van der Waals surface area contributed by atoms with E-state index in [1.54, 1.807) is 7.11 Å². The molecule has 2 atom stereocenters. The van der Waals surface area contributed by atoms with Crippen molar-refractivity contribution in [3.8, 4) is 0 Å². The fourth-order valence-corrected chi connectivity index (χ4v) is 4.43. The molecule has 0 spiro atoms. The fourth-order valence-electron chi connectivity index (χ4n) is 4.43. The zero-order valence-corrected chi connectivity index (χ0v) is 16.9. The zero-order chi connectivity index (χ0) is 20.0. The molecule has 7 nitrogen and oxygen atoms in total. The Morgan fingerprint density at radius 2 is 2.10 bits per heavy atom. The highest BCUT2D eigenvalue weighted by Crippen LogP contribution is 2.40. The predicted molar refractivity (Wildman–Crippen MR) is 108 cm³/mol. The van der Waals surface area contributed by atoms with E-state index in [9.17, 15) is 4.79 Å². The van der Waals surface area contributed by atoms with E-state index in [-0.39, 0.29) is 17.9 Å². The summed E-state index contributed by atoms with van der Waals surface area (Å²) in [6.07, 6.45) is 3.05. The van der Waals surface area contributed by atoms with E-state index in [1.165, 1.54) is 0 Å². The Balaban J connectivity index is 1.33. The summed E-state index contributed by atoms with van der Waals surface area (Å²) in [5.74, 6) is 2.71. The minimum absolute atomic E-state index is 0.00629. The van der Waals surface area contributed by atoms with Crippen molar-refractivity contribution in [1.29, 1.82) is 0 Å². The van der Waals surface area contributed by atoms with Crippen LogP contribution in [0.5, 0.6) is 0 Å². The highest BCUT2D eigenvalue weighted by Gasteiger charge is 2.37. The summed E-state index contributed by atoms with van der Waals surface area (Å²) < 4.78 is 13.2. The number of rotatable bonds is 6. The Morgan fingerprint density at radius 1 is 1.28 bits per heavy atom. The maximum absolute atomic E-state index is 13.2. The molecule has 1 saturated heterocycles. The lowest BCUT2D eigenvalue weighted by Crippen LogP contribution is -2.33. The molecule has 1 amide bonds. The van der Waals surface area contributed by atoms with E-state index in [2.05, 4.69) is 15.8 Å². The lowest BCUT2D eigenvalue weighted by atomic mass is 10.0. The molecule has 1 aromatic carbocycles. The second-order valence-corrected chi connectivity index (χ2v) is 8.29. The number of ether oxygens (including phenoxy) is 1. The summed E-state index contributed by atoms with van der Waals surface area (Å²) in [6, 6.07) is 10.0. The minimum atomic E-state index is 0.00629. The lowest BCUT2D eigenvalue weighted by molar-refractivity contribution is -0.131. The average molecular weight is 394 g/mol. The molecule has 1 aliphatic heterocycles. The van der Waals surface area contributed by atoms with Gasteiger partial charge in [-0.25, -0.2) is 4.98 Å². The highest BCUT2D eigenvalue weighted by molar-refractivity contribution is 5.81. The first kappa shape index (κ1) is 18.4. The topological polar surface area (TPSA) is 73.4 Å². The predicted octanol–water partition coefficient (Wildman–Crippen LogP) is 2.93. The number of likely N-dealkylation sites (tertiary alicyclic amines) is 1. The van der Waals surface area contributed by atoms with Gasteiger partial charge in [0.1, 0.15) is 18.1 Å². The lowest BCUT2D eigenvalue weighted by Gasteiger charge is -2.18. The number of aryl methyl sites for hydroxylation is 1. The Morgan fingerprint density at radius 3 is 2.83 bits per heavy atom. The van der Waals surface area contributed by atoms with Gasteiger partial charge in [-0.05, 0) is 31.9 Å². The van der Waals surface area contributed by atoms with Crippen molar-refractivity contribution in [2.75, 3.05) is 20.2 Å². The van der Waals surface area contributed by atoms with Crippen molar-refractivity contribution in [3.05, 3.63) is 47.6 Å². The smallest absolute Gasteiger partial charge is 0.242 e. The Labute approximate surface area is 169 Å². The van der Waals surface area contributed by atoms with Gasteiger partial charge in [0.2, 0.25) is 5.91 Å². The normalized spacial score (nSPS) is 21.9. The van der Waals surface area contributed by atoms with Gasteiger partial charge < -0.3 is 18.7 Å². The average Bonchev–Trinajstić information content (AvgIpc) is 3.20. The van der Waals surface area contributed by atoms with E-state index < -0.39 is 0 Å². The molecule has 0 unspecified atom stereocenters. The first-order valence-electron chi connectivity index (χ1n) is 10.3. The van der Waals surface area contributed by atoms with Crippen molar-refractivity contribution in [3.63, 3.8) is 0 Å². The van der Waals surface area contributed by atoms with Gasteiger partial charge in [-0.2, -0.15) is 0 Å². The first-order valence-corrected chi connectivity index (χ1v) is 10.3. The number of methoxy groups -OCH3 is 1. The van der Waals surface area contributed by atoms with Gasteiger partial charge in [0.15, 0.2) is 0 Å². The number of para-hydroxylation sites is 2. The third kappa shape index (κ3) is 3.55. The van der Waals surface area contributed by atoms with Gasteiger partial charge >= 0.3 is 0 Å². The van der Waals surface area contributed by atoms with E-state index in [1.807, 2.05) is 36.1 Å². The number of amides is 1. The molecule has 3 aromatic rings. The van der Waals surface area contributed by atoms with Gasteiger partial charge in [0, 0.05) is 44.5 Å². The van der Waals surface area contributed by atoms with Crippen molar-refractivity contribution in [2.24, 2.45) is 5.92 Å². The molecule has 3 heterocycles. The standard InChI is InChI=1S/C22H26N4O3/c1-14-9-17(29-24-14)10-16-11-25(12-20(16)28-2)21(27)13-26-19-6-4-3-5-18(19)23-22(26)15-7-8-15/h3-6,9,15-16,20H,7-8,10-13H2,1-2H3/t16-,20+/m1/s1. The van der Waals surface area contributed by atoms with Gasteiger partial charge in [-0.15, -0.1) is 0 Å². The summed E-state index contributed by atoms with van der Waals surface area (Å²) in [5, 5.41) is 3.97. The Kier molecular flexibility index (Phi) is 4.62. The molecule has 2 aliphatic rings. The van der Waals surface area contributed by atoms with Crippen LogP contribution in [0, 0.1) is 12.8 Å². The van der Waals surface area contributed by atoms with Crippen molar-refractivity contribution in [1.82, 2.24) is 19.6 Å². The molecule has 0 radical (unpaired) electrons. The molecule has 29 heavy (non-hydrogen) atoms. The quantitative estimate of drug-likeness (QED) is 0.643. The van der Waals surface area contributed by atoms with Crippen molar-refractivity contribution >= 4 is 16.9 Å². The molecule has 0 bridgehead atoms. The molecule has 5 rings (SSSR count). The van der Waals surface area contributed by atoms with Gasteiger partial charge in [-0.1, -0.05) is 17.3 Å². The first-order chi connectivity index (χ1) is 14.1. The summed E-state index contributed by atoms with van der Waals surface area (Å²) in [4.78, 5) is 19.9. The van der Waals surface area contributed by atoms with E-state index in [4.69, 9.17) is 14.2 Å². The van der Waals surface area contributed by atoms with E-state index >= 15 is 0 Å². The molecular formula is C22H26N4O3. The number of nitrogens with zero attached hydrogens (tertiary/aromatic N) is 4. The zero-order valence-electron chi connectivity index (χ0n) is 16.9. The number of hydrogen-bond donors (Lipinski definition) is 0. The molecular weight excluding hydrogens is 368 g/mol. The largest absolute Gasteiger partial charge is 0.379 e. The molecule has 0 N–H and O–H groups in total. The van der Waals surface area contributed by atoms with E-state index in [0.29, 0.717) is 25.6 Å². The summed E-state index contributed by atoms with van der Waals surface area (Å²) in [7, 11) is 1.71. The van der Waals surface area contributed by atoms with Crippen LogP contribution >= 0.6 is 0 Å². The van der Waals surface area contributed by atoms with Crippen LogP contribution < -0.4 is 0 Å². The van der Waals surface area contributed by atoms with Crippen LogP contribution in [0.3, 0.4) is 0 Å². The second-order valence-electron chi connectivity index (χ2n) is 8.29. The third-order valence-corrected chi connectivity index (χ3v) is 6.10. The van der Waals surface area contributed by atoms with Crippen molar-refractivity contribution < 1.29 is 14.1 Å². The molecule has 1 saturated carbocycles. The Bertz CT molecular complexity index is 1040. The van der Waals surface area contributed by atoms with Crippen LogP contribution in [0.1, 0.15) is 36.0 Å². The second kappa shape index (κ2) is 7.30. The fraction of sp³-hybridized carbons (Fsp3) is 0.500. The maximum atomic E-state index is 13.2. The number of fused-ring (bicyclic) bond motifs is 1. The number of imidazole rings is 1. The molecule has 1 aliphatic carbocycles. The van der Waals surface area contributed by atoms with Crippen LogP contribution in [0.4, 0.5) is 0 Å². The van der Waals surface area contributed by atoms with Crippen LogP contribution in [0.15, 0.2) is 34.9 Å². The number of carbonyl (C=O) groups is 1. The third-order valence-electron chi connectivity index (χ3n) is 6.10. The Hall–Kier alpha value is -2.67. The number of carbonyl (C=O) groups excluding carboxylic acids is 1. The monoisotopic (exact) mass is 394 g/mol. The number of benzene rings is 1. The number of hydrogen-bond acceptors (Lipinski definition) is 5. The van der Waals surface area contributed by atoms with Crippen LogP contribution in [-0.2, 0) is 22.5 Å².